The SMILES string of the molecule is CC(C)OC(C)C.CC(CO)[C@@H](C)CC[C@@H](C)[C@H]1CC[C@H]2[C@@H]3CCC4CCCC[C@]4(C)[C@H]3CC[C@]12C. The van der Waals surface area contributed by atoms with Crippen LogP contribution in [0.4, 0.5) is 0 Å². The maximum absolute atomic E-state index is 9.49. The molecule has 0 aliphatic heterocycles. The second-order valence-corrected chi connectivity index (χ2v) is 15.1. The lowest BCUT2D eigenvalue weighted by atomic mass is 9.44. The highest BCUT2D eigenvalue weighted by molar-refractivity contribution is 5.09. The lowest BCUT2D eigenvalue weighted by Gasteiger charge is -2.61. The molecule has 0 bridgehead atoms. The number of ether oxygens (including phenoxy) is 1. The average Bonchev–Trinajstić information content (AvgIpc) is 3.18. The molecule has 4 aliphatic rings. The van der Waals surface area contributed by atoms with Crippen LogP contribution in [0.1, 0.15) is 139 Å². The van der Waals surface area contributed by atoms with Gasteiger partial charge in [-0.2, -0.15) is 0 Å². The second kappa shape index (κ2) is 12.8. The molecule has 0 heterocycles. The fraction of sp³-hybridized carbons (Fsp3) is 1.00. The zero-order chi connectivity index (χ0) is 26.7. The smallest absolute Gasteiger partial charge is 0.0522 e. The molecule has 4 rings (SSSR count). The largest absolute Gasteiger partial charge is 0.396 e. The molecule has 1 N–H and O–H groups in total. The zero-order valence-corrected chi connectivity index (χ0v) is 25.8. The van der Waals surface area contributed by atoms with Crippen molar-refractivity contribution in [2.75, 3.05) is 6.61 Å². The molecule has 2 heteroatoms. The van der Waals surface area contributed by atoms with E-state index in [2.05, 4.69) is 34.6 Å². The van der Waals surface area contributed by atoms with Gasteiger partial charge in [-0.05, 0) is 137 Å². The fourth-order valence-corrected chi connectivity index (χ4v) is 10.0. The third-order valence-electron chi connectivity index (χ3n) is 12.2. The molecule has 0 spiro atoms. The van der Waals surface area contributed by atoms with Gasteiger partial charge in [0.25, 0.3) is 0 Å². The normalized spacial score (nSPS) is 40.5. The van der Waals surface area contributed by atoms with Gasteiger partial charge in [-0.25, -0.2) is 0 Å². The molecule has 0 radical (unpaired) electrons. The molecule has 0 aromatic carbocycles. The summed E-state index contributed by atoms with van der Waals surface area (Å²) in [6.45, 7) is 21.1. The summed E-state index contributed by atoms with van der Waals surface area (Å²) in [6.07, 6.45) is 18.6. The predicted octanol–water partition coefficient (Wildman–Crippen LogP) is 9.54. The number of fused-ring (bicyclic) bond motifs is 5. The Bertz CT molecular complexity index is 652. The van der Waals surface area contributed by atoms with E-state index in [1.807, 2.05) is 27.7 Å². The van der Waals surface area contributed by atoms with Crippen LogP contribution in [0, 0.1) is 58.2 Å². The molecule has 2 unspecified atom stereocenters. The summed E-state index contributed by atoms with van der Waals surface area (Å²) in [6, 6.07) is 0. The van der Waals surface area contributed by atoms with E-state index in [0.29, 0.717) is 41.5 Å². The number of hydrogen-bond donors (Lipinski definition) is 1. The van der Waals surface area contributed by atoms with Crippen LogP contribution >= 0.6 is 0 Å². The summed E-state index contributed by atoms with van der Waals surface area (Å²) < 4.78 is 5.25. The molecule has 4 aliphatic carbocycles. The Morgan fingerprint density at radius 2 is 1.36 bits per heavy atom. The van der Waals surface area contributed by atoms with Gasteiger partial charge in [-0.1, -0.05) is 60.3 Å². The maximum atomic E-state index is 9.49. The van der Waals surface area contributed by atoms with Gasteiger partial charge in [0, 0.05) is 6.61 Å². The number of rotatable bonds is 8. The molecule has 2 nitrogen and oxygen atoms in total. The van der Waals surface area contributed by atoms with Crippen LogP contribution in [-0.4, -0.2) is 23.9 Å². The number of aliphatic hydroxyl groups is 1. The average molecular weight is 505 g/mol. The van der Waals surface area contributed by atoms with Crippen LogP contribution in [-0.2, 0) is 4.74 Å². The van der Waals surface area contributed by atoms with Crippen molar-refractivity contribution in [1.29, 1.82) is 0 Å². The molecule has 36 heavy (non-hydrogen) atoms. The topological polar surface area (TPSA) is 29.5 Å². The molecule has 0 saturated heterocycles. The first-order valence-corrected chi connectivity index (χ1v) is 16.2. The quantitative estimate of drug-likeness (QED) is 0.356. The minimum absolute atomic E-state index is 0.349. The van der Waals surface area contributed by atoms with E-state index in [1.165, 1.54) is 64.2 Å². The van der Waals surface area contributed by atoms with Gasteiger partial charge in [0.15, 0.2) is 0 Å². The summed E-state index contributed by atoms with van der Waals surface area (Å²) in [4.78, 5) is 0. The van der Waals surface area contributed by atoms with Gasteiger partial charge in [0.2, 0.25) is 0 Å². The van der Waals surface area contributed by atoms with Crippen molar-refractivity contribution in [2.24, 2.45) is 58.2 Å². The Morgan fingerprint density at radius 1 is 0.694 bits per heavy atom. The maximum Gasteiger partial charge on any atom is 0.0522 e. The summed E-state index contributed by atoms with van der Waals surface area (Å²) in [5.41, 5.74) is 1.30. The molecule has 10 atom stereocenters. The highest BCUT2D eigenvalue weighted by atomic mass is 16.5. The van der Waals surface area contributed by atoms with E-state index in [0.717, 1.165) is 35.5 Å². The molecule has 0 aromatic heterocycles. The van der Waals surface area contributed by atoms with Crippen LogP contribution in [0.25, 0.3) is 0 Å². The van der Waals surface area contributed by atoms with Crippen LogP contribution in [0.3, 0.4) is 0 Å². The first kappa shape index (κ1) is 30.5. The lowest BCUT2D eigenvalue weighted by Crippen LogP contribution is -2.53. The first-order valence-electron chi connectivity index (χ1n) is 16.2. The van der Waals surface area contributed by atoms with Gasteiger partial charge in [-0.3, -0.25) is 0 Å². The third-order valence-corrected chi connectivity index (χ3v) is 12.2. The first-order chi connectivity index (χ1) is 16.9. The Hall–Kier alpha value is -0.0800. The highest BCUT2D eigenvalue weighted by Crippen LogP contribution is 2.68. The minimum atomic E-state index is 0.349. The van der Waals surface area contributed by atoms with Crippen LogP contribution in [0.5, 0.6) is 0 Å². The second-order valence-electron chi connectivity index (χ2n) is 15.1. The summed E-state index contributed by atoms with van der Waals surface area (Å²) in [7, 11) is 0. The number of hydrogen-bond acceptors (Lipinski definition) is 2. The molecule has 0 amide bonds. The Labute approximate surface area is 226 Å². The molecule has 0 aromatic rings. The molecule has 4 saturated carbocycles. The predicted molar refractivity (Wildman–Crippen MR) is 155 cm³/mol. The van der Waals surface area contributed by atoms with Crippen LogP contribution in [0.15, 0.2) is 0 Å². The van der Waals surface area contributed by atoms with E-state index in [9.17, 15) is 5.11 Å². The van der Waals surface area contributed by atoms with Crippen molar-refractivity contribution in [3.8, 4) is 0 Å². The van der Waals surface area contributed by atoms with Gasteiger partial charge < -0.3 is 9.84 Å². The monoisotopic (exact) mass is 504 g/mol. The number of aliphatic hydroxyl groups excluding tert-OH is 1. The van der Waals surface area contributed by atoms with Crippen molar-refractivity contribution in [3.63, 3.8) is 0 Å². The zero-order valence-electron chi connectivity index (χ0n) is 25.8. The fourth-order valence-electron chi connectivity index (χ4n) is 10.0. The van der Waals surface area contributed by atoms with Crippen LogP contribution in [0.2, 0.25) is 0 Å². The van der Waals surface area contributed by atoms with Gasteiger partial charge in [-0.15, -0.1) is 0 Å². The lowest BCUT2D eigenvalue weighted by molar-refractivity contribution is -0.114. The summed E-state index contributed by atoms with van der Waals surface area (Å²) in [5, 5.41) is 9.49. The van der Waals surface area contributed by atoms with E-state index < -0.39 is 0 Å². The molecular weight excluding hydrogens is 440 g/mol. The molecule has 4 fully saturated rings. The van der Waals surface area contributed by atoms with Crippen LogP contribution < -0.4 is 0 Å². The van der Waals surface area contributed by atoms with Crippen molar-refractivity contribution >= 4 is 0 Å². The standard InChI is InChI=1S/C28H50O.C6H14O/c1-19(21(3)18-29)9-10-20(2)24-13-14-25-23-12-11-22-8-6-7-16-27(22,4)26(23)15-17-28(24,25)5;1-5(2)7-6(3)4/h19-26,29H,6-18H2,1-5H3;5-6H,1-4H3/t19-,20+,21?,22?,23-,24+,25-,26-,27-,28+;/m0./s1. The van der Waals surface area contributed by atoms with E-state index in [4.69, 9.17) is 4.74 Å². The Balaban J connectivity index is 0.000000454. The van der Waals surface area contributed by atoms with Gasteiger partial charge in [0.05, 0.1) is 12.2 Å². The van der Waals surface area contributed by atoms with Crippen molar-refractivity contribution in [1.82, 2.24) is 0 Å². The Kier molecular flexibility index (Phi) is 10.9. The van der Waals surface area contributed by atoms with E-state index in [1.54, 1.807) is 12.8 Å². The van der Waals surface area contributed by atoms with E-state index in [-0.39, 0.29) is 0 Å². The minimum Gasteiger partial charge on any atom is -0.396 e. The highest BCUT2D eigenvalue weighted by Gasteiger charge is 2.60. The van der Waals surface area contributed by atoms with Crippen molar-refractivity contribution in [3.05, 3.63) is 0 Å². The van der Waals surface area contributed by atoms with Crippen molar-refractivity contribution in [2.45, 2.75) is 152 Å². The summed E-state index contributed by atoms with van der Waals surface area (Å²) in [5.74, 6) is 7.06. The Morgan fingerprint density at radius 3 is 1.97 bits per heavy atom. The van der Waals surface area contributed by atoms with Crippen molar-refractivity contribution < 1.29 is 9.84 Å². The third kappa shape index (κ3) is 6.55. The van der Waals surface area contributed by atoms with Gasteiger partial charge >= 0.3 is 0 Å². The van der Waals surface area contributed by atoms with E-state index >= 15 is 0 Å². The van der Waals surface area contributed by atoms with Gasteiger partial charge in [0.1, 0.15) is 0 Å². The summed E-state index contributed by atoms with van der Waals surface area (Å²) >= 11 is 0. The molecular formula is C34H64O2. The molecule has 212 valence electrons.